The zero-order valence-corrected chi connectivity index (χ0v) is 12.8. The summed E-state index contributed by atoms with van der Waals surface area (Å²) in [6, 6.07) is 0. The van der Waals surface area contributed by atoms with Crippen LogP contribution in [0.4, 0.5) is 0 Å². The number of carbonyl (C=O) groups is 1. The number of fused-ring (bicyclic) bond motifs is 1. The van der Waals surface area contributed by atoms with Crippen molar-refractivity contribution in [3.63, 3.8) is 0 Å². The lowest BCUT2D eigenvalue weighted by atomic mass is 10.2. The topological polar surface area (TPSA) is 78.0 Å². The van der Waals surface area contributed by atoms with Gasteiger partial charge in [0.1, 0.15) is 4.83 Å². The van der Waals surface area contributed by atoms with Gasteiger partial charge in [-0.2, -0.15) is 0 Å². The maximum Gasteiger partial charge on any atom is 0.262 e. The number of aryl methyl sites for hydroxylation is 2. The first kappa shape index (κ1) is 14.1. The largest absolute Gasteiger partial charge is 0.369 e. The van der Waals surface area contributed by atoms with Crippen LogP contribution in [-0.4, -0.2) is 20.7 Å². The van der Waals surface area contributed by atoms with E-state index in [2.05, 4.69) is 4.98 Å². The van der Waals surface area contributed by atoms with Crippen molar-refractivity contribution in [3.05, 3.63) is 20.8 Å². The molecule has 0 fully saturated rings. The summed E-state index contributed by atoms with van der Waals surface area (Å²) < 4.78 is 1.48. The molecule has 2 N–H and O–H groups in total. The molecule has 19 heavy (non-hydrogen) atoms. The zero-order chi connectivity index (χ0) is 14.3. The van der Waals surface area contributed by atoms with E-state index < -0.39 is 11.2 Å². The van der Waals surface area contributed by atoms with Crippen LogP contribution >= 0.6 is 23.1 Å². The first-order valence-corrected chi connectivity index (χ1v) is 7.45. The fraction of sp³-hybridized carbons (Fsp3) is 0.417. The Morgan fingerprint density at radius 3 is 2.68 bits per heavy atom. The van der Waals surface area contributed by atoms with Gasteiger partial charge in [-0.3, -0.25) is 14.2 Å². The molecule has 102 valence electrons. The lowest BCUT2D eigenvalue weighted by Crippen LogP contribution is -2.25. The molecule has 0 aliphatic heterocycles. The van der Waals surface area contributed by atoms with Crippen molar-refractivity contribution in [2.75, 3.05) is 0 Å². The Morgan fingerprint density at radius 2 is 2.11 bits per heavy atom. The maximum atomic E-state index is 12.3. The Balaban J connectivity index is 2.62. The molecule has 0 aliphatic carbocycles. The minimum absolute atomic E-state index is 0.0778. The maximum absolute atomic E-state index is 12.3. The second-order valence-electron chi connectivity index (χ2n) is 4.38. The molecule has 1 atom stereocenters. The lowest BCUT2D eigenvalue weighted by Gasteiger charge is -2.10. The average molecular weight is 297 g/mol. The van der Waals surface area contributed by atoms with Crippen molar-refractivity contribution < 1.29 is 4.79 Å². The first-order valence-electron chi connectivity index (χ1n) is 5.75. The standard InChI is InChI=1S/C12H15N3O2S2/c1-5-6(2)18-10-8(5)11(17)15(4)12(14-10)19-7(3)9(13)16/h7H,1-4H3,(H2,13,16). The molecule has 0 saturated carbocycles. The summed E-state index contributed by atoms with van der Waals surface area (Å²) in [5.74, 6) is -0.419. The quantitative estimate of drug-likeness (QED) is 0.689. The number of primary amides is 1. The molecule has 7 heteroatoms. The van der Waals surface area contributed by atoms with Crippen LogP contribution in [0.5, 0.6) is 0 Å². The second-order valence-corrected chi connectivity index (χ2v) is 6.90. The Kier molecular flexibility index (Phi) is 3.69. The van der Waals surface area contributed by atoms with Crippen molar-refractivity contribution in [1.82, 2.24) is 9.55 Å². The van der Waals surface area contributed by atoms with Gasteiger partial charge in [-0.1, -0.05) is 11.8 Å². The van der Waals surface area contributed by atoms with Crippen LogP contribution in [0.25, 0.3) is 10.2 Å². The van der Waals surface area contributed by atoms with Crippen LogP contribution in [0.2, 0.25) is 0 Å². The fourth-order valence-corrected chi connectivity index (χ4v) is 3.57. The summed E-state index contributed by atoms with van der Waals surface area (Å²) in [5.41, 5.74) is 6.14. The number of carbonyl (C=O) groups excluding carboxylic acids is 1. The highest BCUT2D eigenvalue weighted by atomic mass is 32.2. The molecule has 1 unspecified atom stereocenters. The molecule has 2 rings (SSSR count). The van der Waals surface area contributed by atoms with Gasteiger partial charge in [0.25, 0.3) is 5.56 Å². The van der Waals surface area contributed by atoms with E-state index in [1.165, 1.54) is 27.7 Å². The molecule has 0 bridgehead atoms. The second kappa shape index (κ2) is 4.97. The van der Waals surface area contributed by atoms with Crippen molar-refractivity contribution in [1.29, 1.82) is 0 Å². The van der Waals surface area contributed by atoms with Crippen molar-refractivity contribution in [3.8, 4) is 0 Å². The monoisotopic (exact) mass is 297 g/mol. The highest BCUT2D eigenvalue weighted by Gasteiger charge is 2.18. The number of hydrogen-bond acceptors (Lipinski definition) is 5. The fourth-order valence-electron chi connectivity index (χ4n) is 1.68. The van der Waals surface area contributed by atoms with E-state index in [0.29, 0.717) is 10.5 Å². The van der Waals surface area contributed by atoms with Crippen LogP contribution < -0.4 is 11.3 Å². The molecule has 2 aromatic heterocycles. The SMILES string of the molecule is Cc1sc2nc(SC(C)C(N)=O)n(C)c(=O)c2c1C. The summed E-state index contributed by atoms with van der Waals surface area (Å²) in [6.07, 6.45) is 0. The molecule has 2 heterocycles. The molecule has 5 nitrogen and oxygen atoms in total. The third-order valence-corrected chi connectivity index (χ3v) is 5.32. The van der Waals surface area contributed by atoms with Crippen molar-refractivity contribution >= 4 is 39.2 Å². The van der Waals surface area contributed by atoms with Gasteiger partial charge >= 0.3 is 0 Å². The third-order valence-electron chi connectivity index (χ3n) is 3.05. The minimum Gasteiger partial charge on any atom is -0.369 e. The van der Waals surface area contributed by atoms with Gasteiger partial charge in [-0.15, -0.1) is 11.3 Å². The van der Waals surface area contributed by atoms with Gasteiger partial charge in [0.15, 0.2) is 5.16 Å². The molecule has 1 amide bonds. The Hall–Kier alpha value is -1.34. The van der Waals surface area contributed by atoms with E-state index in [9.17, 15) is 9.59 Å². The van der Waals surface area contributed by atoms with Gasteiger partial charge in [0.2, 0.25) is 5.91 Å². The van der Waals surface area contributed by atoms with E-state index in [0.717, 1.165) is 15.3 Å². The molecule has 0 spiro atoms. The highest BCUT2D eigenvalue weighted by Crippen LogP contribution is 2.29. The summed E-state index contributed by atoms with van der Waals surface area (Å²) in [6.45, 7) is 5.60. The van der Waals surface area contributed by atoms with Crippen LogP contribution in [-0.2, 0) is 11.8 Å². The molecular weight excluding hydrogens is 282 g/mol. The van der Waals surface area contributed by atoms with Crippen LogP contribution in [0.15, 0.2) is 9.95 Å². The molecule has 0 saturated heterocycles. The van der Waals surface area contributed by atoms with Gasteiger partial charge < -0.3 is 5.73 Å². The van der Waals surface area contributed by atoms with E-state index in [4.69, 9.17) is 5.73 Å². The molecule has 0 aromatic carbocycles. The summed E-state index contributed by atoms with van der Waals surface area (Å²) >= 11 is 2.70. The van der Waals surface area contributed by atoms with Gasteiger partial charge in [-0.25, -0.2) is 4.98 Å². The Morgan fingerprint density at radius 1 is 1.47 bits per heavy atom. The van der Waals surface area contributed by atoms with Crippen molar-refractivity contribution in [2.24, 2.45) is 12.8 Å². The summed E-state index contributed by atoms with van der Waals surface area (Å²) in [4.78, 5) is 29.7. The van der Waals surface area contributed by atoms with Gasteiger partial charge in [0, 0.05) is 11.9 Å². The normalized spacial score (nSPS) is 12.8. The first-order chi connectivity index (χ1) is 8.82. The van der Waals surface area contributed by atoms with E-state index in [1.807, 2.05) is 13.8 Å². The number of amides is 1. The third kappa shape index (κ3) is 2.40. The average Bonchev–Trinajstić information content (AvgIpc) is 2.61. The smallest absolute Gasteiger partial charge is 0.262 e. The molecule has 2 aromatic rings. The van der Waals surface area contributed by atoms with E-state index >= 15 is 0 Å². The minimum atomic E-state index is -0.419. The number of hydrogen-bond donors (Lipinski definition) is 1. The number of thiophene rings is 1. The van der Waals surface area contributed by atoms with Gasteiger partial charge in [0.05, 0.1) is 10.6 Å². The number of aromatic nitrogens is 2. The molecule has 0 radical (unpaired) electrons. The molecule has 0 aliphatic rings. The predicted octanol–water partition coefficient (Wildman–Crippen LogP) is 1.58. The van der Waals surface area contributed by atoms with Crippen LogP contribution in [0.3, 0.4) is 0 Å². The van der Waals surface area contributed by atoms with Gasteiger partial charge in [-0.05, 0) is 26.3 Å². The summed E-state index contributed by atoms with van der Waals surface area (Å²) in [5, 5.41) is 0.767. The van der Waals surface area contributed by atoms with E-state index in [1.54, 1.807) is 14.0 Å². The Labute approximate surface area is 118 Å². The predicted molar refractivity (Wildman–Crippen MR) is 78.8 cm³/mol. The zero-order valence-electron chi connectivity index (χ0n) is 11.2. The van der Waals surface area contributed by atoms with Crippen LogP contribution in [0.1, 0.15) is 17.4 Å². The number of thioether (sulfide) groups is 1. The molecular formula is C12H15N3O2S2. The summed E-state index contributed by atoms with van der Waals surface area (Å²) in [7, 11) is 1.66. The number of nitrogens with two attached hydrogens (primary N) is 1. The van der Waals surface area contributed by atoms with Crippen LogP contribution in [0, 0.1) is 13.8 Å². The van der Waals surface area contributed by atoms with Crippen molar-refractivity contribution in [2.45, 2.75) is 31.2 Å². The number of rotatable bonds is 3. The van der Waals surface area contributed by atoms with E-state index in [-0.39, 0.29) is 5.56 Å². The number of nitrogens with zero attached hydrogens (tertiary/aromatic N) is 2. The highest BCUT2D eigenvalue weighted by molar-refractivity contribution is 8.00. The lowest BCUT2D eigenvalue weighted by molar-refractivity contribution is -0.117. The Bertz CT molecular complexity index is 718.